The van der Waals surface area contributed by atoms with E-state index in [0.29, 0.717) is 18.7 Å². The molecule has 1 aliphatic heterocycles. The molecule has 0 aliphatic carbocycles. The monoisotopic (exact) mass is 499 g/mol. The zero-order chi connectivity index (χ0) is 26.5. The molecule has 3 heterocycles. The average molecular weight is 500 g/mol. The predicted octanol–water partition coefficient (Wildman–Crippen LogP) is 5.70. The van der Waals surface area contributed by atoms with Gasteiger partial charge in [-0.25, -0.2) is 4.79 Å². The number of nitrogens with zero attached hydrogens (tertiary/aromatic N) is 3. The van der Waals surface area contributed by atoms with Crippen LogP contribution >= 0.6 is 0 Å². The zero-order valence-corrected chi connectivity index (χ0v) is 22.3. The first-order chi connectivity index (χ1) is 17.5. The van der Waals surface area contributed by atoms with E-state index in [9.17, 15) is 9.90 Å². The Hall–Kier alpha value is -3.55. The Morgan fingerprint density at radius 2 is 1.97 bits per heavy atom. The minimum atomic E-state index is -1.16. The van der Waals surface area contributed by atoms with Crippen molar-refractivity contribution in [2.45, 2.75) is 52.4 Å². The van der Waals surface area contributed by atoms with E-state index >= 15 is 0 Å². The molecule has 1 aliphatic rings. The largest absolute Gasteiger partial charge is 0.493 e. The van der Waals surface area contributed by atoms with Gasteiger partial charge in [-0.2, -0.15) is 0 Å². The van der Waals surface area contributed by atoms with Crippen molar-refractivity contribution in [1.29, 1.82) is 0 Å². The van der Waals surface area contributed by atoms with Crippen molar-refractivity contribution in [3.05, 3.63) is 65.0 Å². The molecule has 37 heavy (non-hydrogen) atoms. The summed E-state index contributed by atoms with van der Waals surface area (Å²) < 4.78 is 12.1. The van der Waals surface area contributed by atoms with E-state index in [4.69, 9.17) is 19.4 Å². The summed E-state index contributed by atoms with van der Waals surface area (Å²) in [6.07, 6.45) is 1.46. The number of pyridine rings is 2. The highest BCUT2D eigenvalue weighted by Gasteiger charge is 2.32. The van der Waals surface area contributed by atoms with Gasteiger partial charge in [-0.3, -0.25) is 9.97 Å². The maximum atomic E-state index is 12.7. The molecule has 7 nitrogen and oxygen atoms in total. The highest BCUT2D eigenvalue weighted by Crippen LogP contribution is 2.44. The number of hydrogen-bond donors (Lipinski definition) is 1. The van der Waals surface area contributed by atoms with Crippen LogP contribution in [0.1, 0.15) is 49.3 Å². The summed E-state index contributed by atoms with van der Waals surface area (Å²) in [5.74, 6) is -0.228. The van der Waals surface area contributed by atoms with E-state index in [2.05, 4.69) is 4.90 Å². The topological polar surface area (TPSA) is 84.8 Å². The molecule has 192 valence electrons. The minimum Gasteiger partial charge on any atom is -0.493 e. The summed E-state index contributed by atoms with van der Waals surface area (Å²) in [6, 6.07) is 12.0. The van der Waals surface area contributed by atoms with Crippen LogP contribution in [0.2, 0.25) is 0 Å². The first kappa shape index (κ1) is 25.1. The Morgan fingerprint density at radius 3 is 2.68 bits per heavy atom. The molecule has 0 unspecified atom stereocenters. The van der Waals surface area contributed by atoms with Gasteiger partial charge in [0.2, 0.25) is 0 Å². The van der Waals surface area contributed by atoms with Crippen LogP contribution in [-0.2, 0) is 22.5 Å². The maximum Gasteiger partial charge on any atom is 0.337 e. The predicted molar refractivity (Wildman–Crippen MR) is 145 cm³/mol. The molecule has 0 amide bonds. The normalized spacial score (nSPS) is 14.2. The molecule has 7 heteroatoms. The highest BCUT2D eigenvalue weighted by atomic mass is 16.5. The van der Waals surface area contributed by atoms with Crippen LogP contribution in [0.4, 0.5) is 0 Å². The number of aliphatic carboxylic acids is 1. The van der Waals surface area contributed by atoms with Crippen LogP contribution in [0, 0.1) is 6.92 Å². The van der Waals surface area contributed by atoms with E-state index in [1.54, 1.807) is 0 Å². The van der Waals surface area contributed by atoms with E-state index in [-0.39, 0.29) is 0 Å². The maximum absolute atomic E-state index is 12.7. The first-order valence-electron chi connectivity index (χ1n) is 12.6. The fourth-order valence-corrected chi connectivity index (χ4v) is 5.19. The number of fused-ring (bicyclic) bond motifs is 1. The molecule has 0 fully saturated rings. The van der Waals surface area contributed by atoms with Gasteiger partial charge in [0.05, 0.1) is 28.9 Å². The highest BCUT2D eigenvalue weighted by molar-refractivity contribution is 6.08. The van der Waals surface area contributed by atoms with Crippen molar-refractivity contribution in [2.24, 2.45) is 0 Å². The number of benzene rings is 2. The zero-order valence-electron chi connectivity index (χ0n) is 22.3. The Labute approximate surface area is 217 Å². The smallest absolute Gasteiger partial charge is 0.337 e. The van der Waals surface area contributed by atoms with Crippen molar-refractivity contribution in [3.8, 4) is 16.9 Å². The third kappa shape index (κ3) is 4.77. The molecular formula is C30H33N3O4. The second-order valence-electron chi connectivity index (χ2n) is 10.9. The average Bonchev–Trinajstić information content (AvgIpc) is 2.82. The van der Waals surface area contributed by atoms with Gasteiger partial charge in [0.25, 0.3) is 0 Å². The third-order valence-electron chi connectivity index (χ3n) is 6.57. The van der Waals surface area contributed by atoms with Gasteiger partial charge in [-0.1, -0.05) is 6.07 Å². The molecule has 4 aromatic rings. The molecule has 1 N–H and O–H groups in total. The number of carboxylic acids is 1. The molecule has 0 bridgehead atoms. The number of rotatable bonds is 6. The summed E-state index contributed by atoms with van der Waals surface area (Å²) in [7, 11) is 4.02. The number of aromatic nitrogens is 2. The lowest BCUT2D eigenvalue weighted by atomic mass is 9.86. The lowest BCUT2D eigenvalue weighted by Crippen LogP contribution is -2.28. The van der Waals surface area contributed by atoms with Gasteiger partial charge in [0.15, 0.2) is 6.10 Å². The van der Waals surface area contributed by atoms with Gasteiger partial charge >= 0.3 is 5.97 Å². The van der Waals surface area contributed by atoms with Crippen molar-refractivity contribution in [1.82, 2.24) is 14.9 Å². The van der Waals surface area contributed by atoms with Crippen molar-refractivity contribution in [2.75, 3.05) is 20.7 Å². The summed E-state index contributed by atoms with van der Waals surface area (Å²) in [4.78, 5) is 24.5. The van der Waals surface area contributed by atoms with Gasteiger partial charge in [0, 0.05) is 41.1 Å². The molecule has 0 spiro atoms. The molecule has 0 radical (unpaired) electrons. The van der Waals surface area contributed by atoms with E-state index in [0.717, 1.165) is 56.4 Å². The van der Waals surface area contributed by atoms with Crippen molar-refractivity contribution in [3.63, 3.8) is 0 Å². The minimum absolute atomic E-state index is 0.622. The van der Waals surface area contributed by atoms with Gasteiger partial charge < -0.3 is 19.5 Å². The Kier molecular flexibility index (Phi) is 6.38. The molecule has 0 saturated heterocycles. The van der Waals surface area contributed by atoms with E-state index in [1.165, 1.54) is 5.56 Å². The van der Waals surface area contributed by atoms with E-state index < -0.39 is 17.7 Å². The second-order valence-corrected chi connectivity index (χ2v) is 10.9. The molecular weight excluding hydrogens is 466 g/mol. The standard InChI is InChI=1S/C30H33N3O4/c1-17-15-22-20(8-7-19(32-22)16-33(5)6)26(24(17)28(29(34)35)37-30(2,3)4)21-9-10-23-25-18(12-14-36-23)11-13-31-27(21)25/h7-11,13,15,28H,12,14,16H2,1-6H3,(H,34,35)/t28-/m0/s1. The summed E-state index contributed by atoms with van der Waals surface area (Å²) >= 11 is 0. The fourth-order valence-electron chi connectivity index (χ4n) is 5.19. The number of hydrogen-bond acceptors (Lipinski definition) is 6. The SMILES string of the molecule is Cc1cc2nc(CN(C)C)ccc2c(-c2ccc3c4c(ccnc24)CCO3)c1[C@H](OC(C)(C)C)C(=O)O. The molecule has 0 saturated carbocycles. The first-order valence-corrected chi connectivity index (χ1v) is 12.6. The summed E-state index contributed by atoms with van der Waals surface area (Å²) in [6.45, 7) is 8.88. The fraction of sp³-hybridized carbons (Fsp3) is 0.367. The quantitative estimate of drug-likeness (QED) is 0.364. The Balaban J connectivity index is 1.88. The molecule has 1 atom stereocenters. The number of ether oxygens (including phenoxy) is 2. The lowest BCUT2D eigenvalue weighted by Gasteiger charge is -2.29. The second kappa shape index (κ2) is 9.39. The van der Waals surface area contributed by atoms with Gasteiger partial charge in [-0.05, 0) is 88.8 Å². The van der Waals surface area contributed by atoms with Crippen LogP contribution in [0.5, 0.6) is 5.75 Å². The van der Waals surface area contributed by atoms with Crippen molar-refractivity contribution < 1.29 is 19.4 Å². The van der Waals surface area contributed by atoms with Crippen LogP contribution in [0.3, 0.4) is 0 Å². The van der Waals surface area contributed by atoms with Gasteiger partial charge in [-0.15, -0.1) is 0 Å². The molecule has 2 aromatic carbocycles. The number of carbonyl (C=O) groups is 1. The van der Waals surface area contributed by atoms with Crippen LogP contribution in [0.25, 0.3) is 32.9 Å². The number of carboxylic acid groups (broad SMARTS) is 1. The molecule has 2 aromatic heterocycles. The number of aryl methyl sites for hydroxylation is 1. The summed E-state index contributed by atoms with van der Waals surface area (Å²) in [5.41, 5.74) is 6.13. The summed E-state index contributed by atoms with van der Waals surface area (Å²) in [5, 5.41) is 12.2. The van der Waals surface area contributed by atoms with Crippen molar-refractivity contribution >= 4 is 27.8 Å². The lowest BCUT2D eigenvalue weighted by molar-refractivity contribution is -0.160. The Morgan fingerprint density at radius 1 is 1.19 bits per heavy atom. The Bertz CT molecular complexity index is 1510. The van der Waals surface area contributed by atoms with Crippen LogP contribution in [-0.4, -0.2) is 52.2 Å². The van der Waals surface area contributed by atoms with Gasteiger partial charge in [0.1, 0.15) is 5.75 Å². The molecule has 5 rings (SSSR count). The van der Waals surface area contributed by atoms with Crippen LogP contribution < -0.4 is 4.74 Å². The van der Waals surface area contributed by atoms with E-state index in [1.807, 2.05) is 84.4 Å². The van der Waals surface area contributed by atoms with Crippen LogP contribution in [0.15, 0.2) is 42.6 Å². The third-order valence-corrected chi connectivity index (χ3v) is 6.57.